The van der Waals surface area contributed by atoms with Crippen LogP contribution in [0.3, 0.4) is 0 Å². The molecule has 110 valence electrons. The molecular formula is C16H19N3O2. The summed E-state index contributed by atoms with van der Waals surface area (Å²) in [4.78, 5) is 18.6. The molecule has 1 amide bonds. The van der Waals surface area contributed by atoms with Crippen LogP contribution in [0.25, 0.3) is 0 Å². The van der Waals surface area contributed by atoms with E-state index in [1.54, 1.807) is 23.2 Å². The zero-order chi connectivity index (χ0) is 14.8. The van der Waals surface area contributed by atoms with Gasteiger partial charge in [0.2, 0.25) is 0 Å². The molecule has 1 aromatic rings. The first kappa shape index (κ1) is 14.1. The Morgan fingerprint density at radius 1 is 1.48 bits per heavy atom. The van der Waals surface area contributed by atoms with Gasteiger partial charge in [0.1, 0.15) is 5.69 Å². The molecule has 1 aliphatic carbocycles. The number of fused-ring (bicyclic) bond motifs is 1. The second-order valence-electron chi connectivity index (χ2n) is 5.68. The molecule has 3 N–H and O–H groups in total. The Morgan fingerprint density at radius 2 is 2.33 bits per heavy atom. The molecule has 0 radical (unpaired) electrons. The highest BCUT2D eigenvalue weighted by molar-refractivity contribution is 5.95. The molecule has 5 heteroatoms. The summed E-state index contributed by atoms with van der Waals surface area (Å²) in [5, 5.41) is 9.95. The quantitative estimate of drug-likeness (QED) is 0.724. The number of carbonyl (C=O) groups is 1. The van der Waals surface area contributed by atoms with Crippen LogP contribution in [-0.2, 0) is 0 Å². The molecule has 3 unspecified atom stereocenters. The third-order valence-electron chi connectivity index (χ3n) is 4.44. The molecule has 0 spiro atoms. The lowest BCUT2D eigenvalue weighted by atomic mass is 10.00. The predicted molar refractivity (Wildman–Crippen MR) is 78.3 cm³/mol. The van der Waals surface area contributed by atoms with Crippen molar-refractivity contribution in [1.29, 1.82) is 0 Å². The van der Waals surface area contributed by atoms with Crippen LogP contribution in [0.2, 0.25) is 0 Å². The first-order valence-electron chi connectivity index (χ1n) is 7.32. The van der Waals surface area contributed by atoms with Crippen LogP contribution < -0.4 is 5.73 Å². The summed E-state index contributed by atoms with van der Waals surface area (Å²) in [6.45, 7) is 1.58. The average Bonchev–Trinajstić information content (AvgIpc) is 3.07. The Hall–Kier alpha value is -1.90. The van der Waals surface area contributed by atoms with Crippen LogP contribution in [0.15, 0.2) is 18.3 Å². The average molecular weight is 285 g/mol. The Morgan fingerprint density at radius 3 is 3.10 bits per heavy atom. The highest BCUT2D eigenvalue weighted by Gasteiger charge is 2.43. The van der Waals surface area contributed by atoms with Gasteiger partial charge in [-0.1, -0.05) is 11.8 Å². The molecule has 2 aliphatic rings. The van der Waals surface area contributed by atoms with Crippen molar-refractivity contribution < 1.29 is 9.90 Å². The Bertz CT molecular complexity index is 605. The molecule has 1 aliphatic heterocycles. The minimum atomic E-state index is -0.270. The molecular weight excluding hydrogens is 266 g/mol. The minimum absolute atomic E-state index is 0.0986. The van der Waals surface area contributed by atoms with Gasteiger partial charge >= 0.3 is 0 Å². The van der Waals surface area contributed by atoms with Gasteiger partial charge in [0, 0.05) is 25.2 Å². The van der Waals surface area contributed by atoms with E-state index in [0.29, 0.717) is 30.3 Å². The first-order chi connectivity index (χ1) is 10.2. The second kappa shape index (κ2) is 5.84. The van der Waals surface area contributed by atoms with Gasteiger partial charge in [-0.15, -0.1) is 0 Å². The highest BCUT2D eigenvalue weighted by Crippen LogP contribution is 2.38. The molecule has 2 fully saturated rings. The molecule has 1 saturated heterocycles. The molecule has 3 rings (SSSR count). The molecule has 3 atom stereocenters. The maximum Gasteiger partial charge on any atom is 0.273 e. The standard InChI is InChI=1S/C16H19N3O2/c17-7-1-3-11-4-2-8-18-15(11)16(21)19-9-12-5-6-14(20)13(12)10-19/h2,4,8,12-14,20H,5-7,9-10,17H2. The fourth-order valence-corrected chi connectivity index (χ4v) is 3.38. The third kappa shape index (κ3) is 2.65. The molecule has 0 bridgehead atoms. The SMILES string of the molecule is NCC#Cc1cccnc1C(=O)N1CC2CCC(O)C2C1. The van der Waals surface area contributed by atoms with E-state index in [4.69, 9.17) is 5.73 Å². The van der Waals surface area contributed by atoms with E-state index in [-0.39, 0.29) is 24.5 Å². The van der Waals surface area contributed by atoms with Crippen molar-refractivity contribution in [2.45, 2.75) is 18.9 Å². The van der Waals surface area contributed by atoms with E-state index in [2.05, 4.69) is 16.8 Å². The third-order valence-corrected chi connectivity index (χ3v) is 4.44. The zero-order valence-corrected chi connectivity index (χ0v) is 11.8. The number of aromatic nitrogens is 1. The summed E-state index contributed by atoms with van der Waals surface area (Å²) >= 11 is 0. The van der Waals surface area contributed by atoms with Gasteiger partial charge < -0.3 is 15.7 Å². The number of amides is 1. The van der Waals surface area contributed by atoms with E-state index >= 15 is 0 Å². The number of rotatable bonds is 1. The van der Waals surface area contributed by atoms with Gasteiger partial charge in [-0.3, -0.25) is 4.79 Å². The van der Waals surface area contributed by atoms with Crippen molar-refractivity contribution in [3.63, 3.8) is 0 Å². The van der Waals surface area contributed by atoms with E-state index in [1.165, 1.54) is 0 Å². The number of carbonyl (C=O) groups excluding carboxylic acids is 1. The fourth-order valence-electron chi connectivity index (χ4n) is 3.38. The van der Waals surface area contributed by atoms with Crippen molar-refractivity contribution in [3.05, 3.63) is 29.6 Å². The molecule has 1 saturated carbocycles. The van der Waals surface area contributed by atoms with E-state index < -0.39 is 0 Å². The van der Waals surface area contributed by atoms with Crippen LogP contribution in [0, 0.1) is 23.7 Å². The van der Waals surface area contributed by atoms with E-state index in [1.807, 2.05) is 0 Å². The van der Waals surface area contributed by atoms with E-state index in [9.17, 15) is 9.90 Å². The van der Waals surface area contributed by atoms with Crippen molar-refractivity contribution in [2.75, 3.05) is 19.6 Å². The molecule has 2 heterocycles. The highest BCUT2D eigenvalue weighted by atomic mass is 16.3. The largest absolute Gasteiger partial charge is 0.393 e. The predicted octanol–water partition coefficient (Wildman–Crippen LogP) is 0.235. The summed E-state index contributed by atoms with van der Waals surface area (Å²) in [6.07, 6.45) is 3.19. The monoisotopic (exact) mass is 285 g/mol. The van der Waals surface area contributed by atoms with Crippen molar-refractivity contribution in [3.8, 4) is 11.8 Å². The Balaban J connectivity index is 1.80. The normalized spacial score (nSPS) is 27.1. The lowest BCUT2D eigenvalue weighted by molar-refractivity contribution is 0.0746. The van der Waals surface area contributed by atoms with Gasteiger partial charge in [-0.05, 0) is 30.9 Å². The number of hydrogen-bond donors (Lipinski definition) is 2. The molecule has 0 aromatic carbocycles. The molecule has 21 heavy (non-hydrogen) atoms. The van der Waals surface area contributed by atoms with Crippen LogP contribution >= 0.6 is 0 Å². The zero-order valence-electron chi connectivity index (χ0n) is 11.8. The number of nitrogens with zero attached hydrogens (tertiary/aromatic N) is 2. The lowest BCUT2D eigenvalue weighted by Crippen LogP contribution is -2.32. The summed E-state index contributed by atoms with van der Waals surface area (Å²) in [7, 11) is 0. The van der Waals surface area contributed by atoms with Crippen molar-refractivity contribution >= 4 is 5.91 Å². The van der Waals surface area contributed by atoms with Crippen LogP contribution in [-0.4, -0.2) is 46.6 Å². The van der Waals surface area contributed by atoms with Gasteiger partial charge in [0.05, 0.1) is 18.2 Å². The number of nitrogens with two attached hydrogens (primary N) is 1. The van der Waals surface area contributed by atoms with Gasteiger partial charge in [0.15, 0.2) is 0 Å². The van der Waals surface area contributed by atoms with Crippen molar-refractivity contribution in [2.24, 2.45) is 17.6 Å². The van der Waals surface area contributed by atoms with Crippen LogP contribution in [0.4, 0.5) is 0 Å². The summed E-state index contributed by atoms with van der Waals surface area (Å²) < 4.78 is 0. The van der Waals surface area contributed by atoms with Crippen LogP contribution in [0.1, 0.15) is 28.9 Å². The van der Waals surface area contributed by atoms with E-state index in [0.717, 1.165) is 12.8 Å². The molecule has 5 nitrogen and oxygen atoms in total. The number of hydrogen-bond acceptors (Lipinski definition) is 4. The first-order valence-corrected chi connectivity index (χ1v) is 7.32. The smallest absolute Gasteiger partial charge is 0.273 e. The van der Waals surface area contributed by atoms with Gasteiger partial charge in [0.25, 0.3) is 5.91 Å². The Kier molecular flexibility index (Phi) is 3.91. The molecule has 1 aromatic heterocycles. The van der Waals surface area contributed by atoms with Crippen LogP contribution in [0.5, 0.6) is 0 Å². The summed E-state index contributed by atoms with van der Waals surface area (Å²) in [5.74, 6) is 6.21. The topological polar surface area (TPSA) is 79.5 Å². The number of aliphatic hydroxyl groups is 1. The number of pyridine rings is 1. The van der Waals surface area contributed by atoms with Crippen molar-refractivity contribution in [1.82, 2.24) is 9.88 Å². The van der Waals surface area contributed by atoms with Gasteiger partial charge in [-0.25, -0.2) is 4.98 Å². The number of likely N-dealkylation sites (tertiary alicyclic amines) is 1. The lowest BCUT2D eigenvalue weighted by Gasteiger charge is -2.18. The maximum absolute atomic E-state index is 12.7. The summed E-state index contributed by atoms with van der Waals surface area (Å²) in [6, 6.07) is 3.55. The van der Waals surface area contributed by atoms with Gasteiger partial charge in [-0.2, -0.15) is 0 Å². The summed E-state index contributed by atoms with van der Waals surface area (Å²) in [5.41, 5.74) is 6.38. The maximum atomic E-state index is 12.7. The minimum Gasteiger partial charge on any atom is -0.393 e. The number of aliphatic hydroxyl groups excluding tert-OH is 1. The Labute approximate surface area is 124 Å². The fraction of sp³-hybridized carbons (Fsp3) is 0.500. The second-order valence-corrected chi connectivity index (χ2v) is 5.68.